The van der Waals surface area contributed by atoms with Crippen molar-refractivity contribution in [1.29, 1.82) is 0 Å². The lowest BCUT2D eigenvalue weighted by Crippen LogP contribution is -2.36. The zero-order valence-electron chi connectivity index (χ0n) is 17.0. The van der Waals surface area contributed by atoms with Gasteiger partial charge in [0.15, 0.2) is 11.0 Å². The number of carbonyl (C=O) groups is 1. The molecule has 1 unspecified atom stereocenters. The van der Waals surface area contributed by atoms with E-state index >= 15 is 0 Å². The van der Waals surface area contributed by atoms with Crippen molar-refractivity contribution in [3.63, 3.8) is 0 Å². The molecule has 2 aliphatic heterocycles. The number of carbonyl (C=O) groups excluding carboxylic acids is 1. The maximum Gasteiger partial charge on any atom is 0.233 e. The van der Waals surface area contributed by atoms with Crippen LogP contribution in [0.2, 0.25) is 0 Å². The van der Waals surface area contributed by atoms with Crippen molar-refractivity contribution < 1.29 is 13.9 Å². The lowest BCUT2D eigenvalue weighted by Gasteiger charge is -2.26. The SMILES string of the molecule is O=C(CSc1nnc(-c2ccc(F)cc2)n1CC1CCCO1)N1CCc2sccc2C1. The van der Waals surface area contributed by atoms with Gasteiger partial charge in [-0.2, -0.15) is 0 Å². The van der Waals surface area contributed by atoms with Crippen molar-refractivity contribution in [3.8, 4) is 11.4 Å². The molecule has 1 atom stereocenters. The van der Waals surface area contributed by atoms with Crippen molar-refractivity contribution in [2.75, 3.05) is 18.9 Å². The van der Waals surface area contributed by atoms with Gasteiger partial charge in [0.05, 0.1) is 18.4 Å². The number of thiophene rings is 1. The number of rotatable bonds is 6. The average molecular weight is 459 g/mol. The van der Waals surface area contributed by atoms with Gasteiger partial charge in [0.1, 0.15) is 5.82 Å². The van der Waals surface area contributed by atoms with Crippen LogP contribution in [0.5, 0.6) is 0 Å². The molecule has 5 rings (SSSR count). The van der Waals surface area contributed by atoms with Crippen LogP contribution in [-0.4, -0.2) is 50.6 Å². The molecule has 0 radical (unpaired) electrons. The molecule has 31 heavy (non-hydrogen) atoms. The lowest BCUT2D eigenvalue weighted by molar-refractivity contribution is -0.129. The van der Waals surface area contributed by atoms with Gasteiger partial charge in [-0.25, -0.2) is 4.39 Å². The highest BCUT2D eigenvalue weighted by Crippen LogP contribution is 2.28. The summed E-state index contributed by atoms with van der Waals surface area (Å²) in [7, 11) is 0. The Balaban J connectivity index is 1.32. The van der Waals surface area contributed by atoms with Crippen LogP contribution in [0, 0.1) is 5.82 Å². The number of hydrogen-bond acceptors (Lipinski definition) is 6. The van der Waals surface area contributed by atoms with Gasteiger partial charge in [-0.1, -0.05) is 11.8 Å². The third kappa shape index (κ3) is 4.53. The number of amides is 1. The van der Waals surface area contributed by atoms with Crippen molar-refractivity contribution >= 4 is 29.0 Å². The highest BCUT2D eigenvalue weighted by Gasteiger charge is 2.25. The van der Waals surface area contributed by atoms with Gasteiger partial charge in [-0.15, -0.1) is 21.5 Å². The van der Waals surface area contributed by atoms with E-state index in [1.807, 2.05) is 9.47 Å². The summed E-state index contributed by atoms with van der Waals surface area (Å²) in [4.78, 5) is 16.2. The minimum atomic E-state index is -0.288. The van der Waals surface area contributed by atoms with Crippen molar-refractivity contribution in [2.24, 2.45) is 0 Å². The summed E-state index contributed by atoms with van der Waals surface area (Å²) in [5.41, 5.74) is 2.06. The first kappa shape index (κ1) is 20.7. The molecule has 6 nitrogen and oxygen atoms in total. The van der Waals surface area contributed by atoms with Gasteiger partial charge in [0, 0.05) is 30.1 Å². The summed E-state index contributed by atoms with van der Waals surface area (Å²) in [5.74, 6) is 0.805. The molecule has 0 spiro atoms. The molecule has 1 fully saturated rings. The number of hydrogen-bond donors (Lipinski definition) is 0. The van der Waals surface area contributed by atoms with Crippen molar-refractivity contribution in [1.82, 2.24) is 19.7 Å². The first-order valence-electron chi connectivity index (χ1n) is 10.4. The number of thioether (sulfide) groups is 1. The molecule has 0 bridgehead atoms. The highest BCUT2D eigenvalue weighted by molar-refractivity contribution is 7.99. The first-order chi connectivity index (χ1) is 15.2. The summed E-state index contributed by atoms with van der Waals surface area (Å²) >= 11 is 3.17. The Labute approximate surface area is 188 Å². The molecule has 2 aromatic heterocycles. The summed E-state index contributed by atoms with van der Waals surface area (Å²) in [6.45, 7) is 2.83. The van der Waals surface area contributed by atoms with Gasteiger partial charge >= 0.3 is 0 Å². The van der Waals surface area contributed by atoms with Gasteiger partial charge in [0.2, 0.25) is 5.91 Å². The predicted molar refractivity (Wildman–Crippen MR) is 119 cm³/mol. The first-order valence-corrected chi connectivity index (χ1v) is 12.3. The Kier molecular flexibility index (Phi) is 6.06. The van der Waals surface area contributed by atoms with Crippen LogP contribution in [-0.2, 0) is 29.0 Å². The third-order valence-electron chi connectivity index (χ3n) is 5.71. The van der Waals surface area contributed by atoms with Crippen LogP contribution in [0.4, 0.5) is 4.39 Å². The van der Waals surface area contributed by atoms with E-state index in [2.05, 4.69) is 21.6 Å². The Hall–Kier alpha value is -2.23. The summed E-state index contributed by atoms with van der Waals surface area (Å²) in [6, 6.07) is 8.37. The molecule has 1 saturated heterocycles. The molecule has 2 aliphatic rings. The summed E-state index contributed by atoms with van der Waals surface area (Å²) in [6.07, 6.45) is 3.05. The molecule has 0 N–H and O–H groups in total. The Morgan fingerprint density at radius 2 is 2.13 bits per heavy atom. The van der Waals surface area contributed by atoms with E-state index < -0.39 is 0 Å². The number of halogens is 1. The van der Waals surface area contributed by atoms with E-state index in [0.717, 1.165) is 38.0 Å². The standard InChI is InChI=1S/C22H23FN4O2S2/c23-17-5-3-15(4-6-17)21-24-25-22(27(21)13-18-2-1-10-29-18)31-14-20(28)26-9-7-19-16(12-26)8-11-30-19/h3-6,8,11,18H,1-2,7,9-10,12-14H2. The zero-order chi connectivity index (χ0) is 21.2. The fourth-order valence-electron chi connectivity index (χ4n) is 4.04. The number of fused-ring (bicyclic) bond motifs is 1. The molecule has 0 aliphatic carbocycles. The Bertz CT molecular complexity index is 1060. The van der Waals surface area contributed by atoms with Crippen LogP contribution in [0.3, 0.4) is 0 Å². The molecular formula is C22H23FN4O2S2. The third-order valence-corrected chi connectivity index (χ3v) is 7.69. The van der Waals surface area contributed by atoms with Gasteiger partial charge in [-0.3, -0.25) is 9.36 Å². The maximum atomic E-state index is 13.4. The summed E-state index contributed by atoms with van der Waals surface area (Å²) < 4.78 is 21.2. The van der Waals surface area contributed by atoms with E-state index in [1.54, 1.807) is 23.5 Å². The number of ether oxygens (including phenoxy) is 1. The number of benzene rings is 1. The molecular weight excluding hydrogens is 435 g/mol. The fraction of sp³-hybridized carbons (Fsp3) is 0.409. The van der Waals surface area contributed by atoms with Crippen LogP contribution >= 0.6 is 23.1 Å². The average Bonchev–Trinajstić information content (AvgIpc) is 3.54. The number of aromatic nitrogens is 3. The molecule has 0 saturated carbocycles. The molecule has 162 valence electrons. The molecule has 3 aromatic rings. The lowest BCUT2D eigenvalue weighted by atomic mass is 10.1. The van der Waals surface area contributed by atoms with Gasteiger partial charge in [0.25, 0.3) is 0 Å². The Morgan fingerprint density at radius 1 is 1.26 bits per heavy atom. The fourth-order valence-corrected chi connectivity index (χ4v) is 5.78. The van der Waals surface area contributed by atoms with Gasteiger partial charge in [-0.05, 0) is 60.5 Å². The van der Waals surface area contributed by atoms with Crippen LogP contribution < -0.4 is 0 Å². The molecule has 1 aromatic carbocycles. The van der Waals surface area contributed by atoms with Crippen molar-refractivity contribution in [3.05, 3.63) is 52.0 Å². The monoisotopic (exact) mass is 458 g/mol. The van der Waals surface area contributed by atoms with E-state index in [9.17, 15) is 9.18 Å². The Morgan fingerprint density at radius 3 is 2.94 bits per heavy atom. The van der Waals surface area contributed by atoms with E-state index in [1.165, 1.54) is 34.3 Å². The largest absolute Gasteiger partial charge is 0.376 e. The zero-order valence-corrected chi connectivity index (χ0v) is 18.6. The molecule has 9 heteroatoms. The second kappa shape index (κ2) is 9.10. The normalized spacial score (nSPS) is 18.4. The highest BCUT2D eigenvalue weighted by atomic mass is 32.2. The van der Waals surface area contributed by atoms with Gasteiger partial charge < -0.3 is 9.64 Å². The smallest absolute Gasteiger partial charge is 0.233 e. The maximum absolute atomic E-state index is 13.4. The minimum Gasteiger partial charge on any atom is -0.376 e. The number of nitrogens with zero attached hydrogens (tertiary/aromatic N) is 4. The van der Waals surface area contributed by atoms with E-state index in [-0.39, 0.29) is 17.8 Å². The quantitative estimate of drug-likeness (QED) is 0.523. The molecule has 1 amide bonds. The predicted octanol–water partition coefficient (Wildman–Crippen LogP) is 4.00. The second-order valence-corrected chi connectivity index (χ2v) is 9.72. The second-order valence-electron chi connectivity index (χ2n) is 7.78. The molecule has 4 heterocycles. The van der Waals surface area contributed by atoms with Crippen LogP contribution in [0.25, 0.3) is 11.4 Å². The van der Waals surface area contributed by atoms with E-state index in [0.29, 0.717) is 29.8 Å². The topological polar surface area (TPSA) is 60.3 Å². The van der Waals surface area contributed by atoms with Crippen LogP contribution in [0.15, 0.2) is 40.9 Å². The summed E-state index contributed by atoms with van der Waals surface area (Å²) in [5, 5.41) is 11.5. The van der Waals surface area contributed by atoms with Crippen LogP contribution in [0.1, 0.15) is 23.3 Å². The minimum absolute atomic E-state index is 0.101. The van der Waals surface area contributed by atoms with E-state index in [4.69, 9.17) is 4.74 Å². The van der Waals surface area contributed by atoms with Crippen molar-refractivity contribution in [2.45, 2.75) is 43.6 Å².